The Morgan fingerprint density at radius 1 is 0.889 bits per heavy atom. The van der Waals surface area contributed by atoms with Gasteiger partial charge in [-0.05, 0) is 33.8 Å². The van der Waals surface area contributed by atoms with Gasteiger partial charge in [-0.2, -0.15) is 0 Å². The fourth-order valence-corrected chi connectivity index (χ4v) is 3.38. The van der Waals surface area contributed by atoms with E-state index in [1.807, 2.05) is 25.7 Å². The third-order valence-corrected chi connectivity index (χ3v) is 5.15. The van der Waals surface area contributed by atoms with Crippen LogP contribution in [0.15, 0.2) is 24.3 Å². The smallest absolute Gasteiger partial charge is 0.254 e. The summed E-state index contributed by atoms with van der Waals surface area (Å²) in [7, 11) is 0. The monoisotopic (exact) mass is 366 g/mol. The van der Waals surface area contributed by atoms with Crippen molar-refractivity contribution >= 4 is 11.7 Å². The molecule has 27 heavy (non-hydrogen) atoms. The van der Waals surface area contributed by atoms with Crippen molar-refractivity contribution < 1.29 is 9.59 Å². The standard InChI is InChI=1S/C21H26N4O2/c1-14-15(2)23-20(16(3)22-14)13-24-9-11-25(12-10-24)21(27)19-8-6-5-7-18(19)17(4)26/h5-8H,9-13H2,1-4H3. The van der Waals surface area contributed by atoms with E-state index in [1.165, 1.54) is 6.92 Å². The fourth-order valence-electron chi connectivity index (χ4n) is 3.38. The van der Waals surface area contributed by atoms with Crippen molar-refractivity contribution in [2.75, 3.05) is 26.2 Å². The summed E-state index contributed by atoms with van der Waals surface area (Å²) < 4.78 is 0. The number of aryl methyl sites for hydroxylation is 3. The Labute approximate surface area is 160 Å². The van der Waals surface area contributed by atoms with E-state index in [1.54, 1.807) is 24.3 Å². The second-order valence-electron chi connectivity index (χ2n) is 7.10. The number of hydrogen-bond acceptors (Lipinski definition) is 5. The molecule has 0 radical (unpaired) electrons. The Morgan fingerprint density at radius 2 is 1.48 bits per heavy atom. The predicted molar refractivity (Wildman–Crippen MR) is 104 cm³/mol. The molecule has 0 unspecified atom stereocenters. The van der Waals surface area contributed by atoms with Gasteiger partial charge in [0.2, 0.25) is 0 Å². The van der Waals surface area contributed by atoms with Gasteiger partial charge in [-0.3, -0.25) is 24.5 Å². The van der Waals surface area contributed by atoms with E-state index in [0.717, 1.165) is 42.4 Å². The highest BCUT2D eigenvalue weighted by atomic mass is 16.2. The van der Waals surface area contributed by atoms with Crippen LogP contribution in [0.2, 0.25) is 0 Å². The highest BCUT2D eigenvalue weighted by Crippen LogP contribution is 2.16. The van der Waals surface area contributed by atoms with Crippen LogP contribution in [-0.4, -0.2) is 57.6 Å². The summed E-state index contributed by atoms with van der Waals surface area (Å²) in [5.41, 5.74) is 4.88. The van der Waals surface area contributed by atoms with Gasteiger partial charge in [0.15, 0.2) is 5.78 Å². The Kier molecular flexibility index (Phi) is 5.65. The normalized spacial score (nSPS) is 15.0. The average Bonchev–Trinajstić information content (AvgIpc) is 2.66. The van der Waals surface area contributed by atoms with Crippen LogP contribution in [0.5, 0.6) is 0 Å². The molecule has 0 saturated carbocycles. The summed E-state index contributed by atoms with van der Waals surface area (Å²) in [6.07, 6.45) is 0. The topological polar surface area (TPSA) is 66.4 Å². The van der Waals surface area contributed by atoms with Crippen molar-refractivity contribution in [3.63, 3.8) is 0 Å². The molecule has 1 aromatic carbocycles. The fraction of sp³-hybridized carbons (Fsp3) is 0.429. The van der Waals surface area contributed by atoms with Gasteiger partial charge >= 0.3 is 0 Å². The first kappa shape index (κ1) is 19.2. The summed E-state index contributed by atoms with van der Waals surface area (Å²) in [5, 5.41) is 0. The molecular weight excluding hydrogens is 340 g/mol. The summed E-state index contributed by atoms with van der Waals surface area (Å²) in [5.74, 6) is -0.149. The van der Waals surface area contributed by atoms with Crippen LogP contribution in [0.25, 0.3) is 0 Å². The summed E-state index contributed by atoms with van der Waals surface area (Å²) in [6.45, 7) is 11.0. The van der Waals surface area contributed by atoms with Crippen LogP contribution in [-0.2, 0) is 6.54 Å². The number of hydrogen-bond donors (Lipinski definition) is 0. The molecule has 0 atom stereocenters. The van der Waals surface area contributed by atoms with Crippen molar-refractivity contribution in [3.05, 3.63) is 58.2 Å². The molecule has 0 aliphatic carbocycles. The van der Waals surface area contributed by atoms with Crippen LogP contribution in [0, 0.1) is 20.8 Å². The molecule has 6 nitrogen and oxygen atoms in total. The van der Waals surface area contributed by atoms with Crippen LogP contribution in [0.3, 0.4) is 0 Å². The molecule has 1 fully saturated rings. The molecule has 2 heterocycles. The number of ketones is 1. The molecule has 1 aromatic heterocycles. The molecule has 2 aromatic rings. The minimum atomic E-state index is -0.0821. The zero-order valence-corrected chi connectivity index (χ0v) is 16.5. The first-order valence-corrected chi connectivity index (χ1v) is 9.29. The molecule has 1 aliphatic heterocycles. The molecule has 0 bridgehead atoms. The van der Waals surface area contributed by atoms with Crippen molar-refractivity contribution in [3.8, 4) is 0 Å². The van der Waals surface area contributed by atoms with Crippen molar-refractivity contribution in [1.29, 1.82) is 0 Å². The summed E-state index contributed by atoms with van der Waals surface area (Å²) >= 11 is 0. The molecular formula is C21H26N4O2. The maximum Gasteiger partial charge on any atom is 0.254 e. The molecule has 0 N–H and O–H groups in total. The minimum Gasteiger partial charge on any atom is -0.336 e. The predicted octanol–water partition coefficient (Wildman–Crippen LogP) is 2.56. The Bertz CT molecular complexity index is 870. The molecule has 1 aliphatic rings. The third kappa shape index (κ3) is 4.22. The van der Waals surface area contributed by atoms with E-state index in [-0.39, 0.29) is 11.7 Å². The number of carbonyl (C=O) groups is 2. The van der Waals surface area contributed by atoms with Gasteiger partial charge in [-0.1, -0.05) is 18.2 Å². The molecule has 6 heteroatoms. The van der Waals surface area contributed by atoms with Crippen LogP contribution < -0.4 is 0 Å². The zero-order chi connectivity index (χ0) is 19.6. The third-order valence-electron chi connectivity index (χ3n) is 5.15. The summed E-state index contributed by atoms with van der Waals surface area (Å²) in [4.78, 5) is 38.0. The van der Waals surface area contributed by atoms with E-state index >= 15 is 0 Å². The van der Waals surface area contributed by atoms with E-state index < -0.39 is 0 Å². The van der Waals surface area contributed by atoms with Gasteiger partial charge in [0, 0.05) is 38.3 Å². The summed E-state index contributed by atoms with van der Waals surface area (Å²) in [6, 6.07) is 7.04. The molecule has 0 spiro atoms. The molecule has 142 valence electrons. The zero-order valence-electron chi connectivity index (χ0n) is 16.5. The lowest BCUT2D eigenvalue weighted by Gasteiger charge is -2.35. The lowest BCUT2D eigenvalue weighted by molar-refractivity contribution is 0.0623. The quantitative estimate of drug-likeness (QED) is 0.778. The van der Waals surface area contributed by atoms with Gasteiger partial charge in [-0.25, -0.2) is 0 Å². The van der Waals surface area contributed by atoms with Gasteiger partial charge < -0.3 is 4.90 Å². The van der Waals surface area contributed by atoms with E-state index in [9.17, 15) is 9.59 Å². The lowest BCUT2D eigenvalue weighted by Crippen LogP contribution is -2.48. The lowest BCUT2D eigenvalue weighted by atomic mass is 10.0. The second-order valence-corrected chi connectivity index (χ2v) is 7.10. The van der Waals surface area contributed by atoms with Crippen LogP contribution >= 0.6 is 0 Å². The molecule has 1 amide bonds. The van der Waals surface area contributed by atoms with E-state index in [2.05, 4.69) is 14.9 Å². The Hall–Kier alpha value is -2.60. The molecule has 1 saturated heterocycles. The minimum absolute atomic E-state index is 0.0670. The van der Waals surface area contributed by atoms with Gasteiger partial charge in [0.25, 0.3) is 5.91 Å². The van der Waals surface area contributed by atoms with Gasteiger partial charge in [0.05, 0.1) is 28.3 Å². The van der Waals surface area contributed by atoms with Crippen molar-refractivity contribution in [1.82, 2.24) is 19.8 Å². The number of aromatic nitrogens is 2. The maximum absolute atomic E-state index is 12.9. The maximum atomic E-state index is 12.9. The number of benzene rings is 1. The largest absolute Gasteiger partial charge is 0.336 e. The number of rotatable bonds is 4. The number of Topliss-reactive ketones (excluding diaryl/α,β-unsaturated/α-hetero) is 1. The number of amides is 1. The SMILES string of the molecule is CC(=O)c1ccccc1C(=O)N1CCN(Cc2nc(C)c(C)nc2C)CC1. The van der Waals surface area contributed by atoms with Crippen LogP contribution in [0.1, 0.15) is 50.4 Å². The Balaban J connectivity index is 1.65. The number of carbonyl (C=O) groups excluding carboxylic acids is 2. The van der Waals surface area contributed by atoms with E-state index in [0.29, 0.717) is 24.2 Å². The Morgan fingerprint density at radius 3 is 2.11 bits per heavy atom. The highest BCUT2D eigenvalue weighted by molar-refractivity contribution is 6.07. The second kappa shape index (κ2) is 7.96. The first-order valence-electron chi connectivity index (χ1n) is 9.29. The molecule has 3 rings (SSSR count). The van der Waals surface area contributed by atoms with E-state index in [4.69, 9.17) is 0 Å². The van der Waals surface area contributed by atoms with Gasteiger partial charge in [-0.15, -0.1) is 0 Å². The first-order chi connectivity index (χ1) is 12.9. The average molecular weight is 366 g/mol. The number of piperazine rings is 1. The van der Waals surface area contributed by atoms with Crippen molar-refractivity contribution in [2.45, 2.75) is 34.2 Å². The van der Waals surface area contributed by atoms with Crippen LogP contribution in [0.4, 0.5) is 0 Å². The highest BCUT2D eigenvalue weighted by Gasteiger charge is 2.25. The number of nitrogens with zero attached hydrogens (tertiary/aromatic N) is 4. The van der Waals surface area contributed by atoms with Crippen molar-refractivity contribution in [2.24, 2.45) is 0 Å². The van der Waals surface area contributed by atoms with Gasteiger partial charge in [0.1, 0.15) is 0 Å².